The third-order valence-electron chi connectivity index (χ3n) is 8.72. The van der Waals surface area contributed by atoms with Gasteiger partial charge in [0.05, 0.1) is 19.8 Å². The van der Waals surface area contributed by atoms with Crippen LogP contribution in [0.2, 0.25) is 0 Å². The molecule has 52 heavy (non-hydrogen) atoms. The van der Waals surface area contributed by atoms with Gasteiger partial charge in [-0.3, -0.25) is 9.35 Å². The van der Waals surface area contributed by atoms with E-state index in [9.17, 15) is 28.5 Å². The number of aliphatic hydroxyl groups is 3. The Balaban J connectivity index is 2.51. The second-order valence-corrected chi connectivity index (χ2v) is 14.6. The highest BCUT2D eigenvalue weighted by Crippen LogP contribution is 2.26. The predicted molar refractivity (Wildman–Crippen MR) is 202 cm³/mol. The zero-order chi connectivity index (χ0) is 38.3. The highest BCUT2D eigenvalue weighted by atomic mass is 32.3. The van der Waals surface area contributed by atoms with E-state index in [1.807, 2.05) is 0 Å². The summed E-state index contributed by atoms with van der Waals surface area (Å²) in [4.78, 5) is 12.7. The van der Waals surface area contributed by atoms with Gasteiger partial charge in [0.15, 0.2) is 6.29 Å². The fourth-order valence-electron chi connectivity index (χ4n) is 5.69. The van der Waals surface area contributed by atoms with Crippen LogP contribution < -0.4 is 0 Å². The minimum Gasteiger partial charge on any atom is -0.457 e. The number of aliphatic hydroxyl groups excluding tert-OH is 3. The molecule has 1 heterocycles. The van der Waals surface area contributed by atoms with E-state index in [1.54, 1.807) is 0 Å². The topological polar surface area (TPSA) is 178 Å². The Hall–Kier alpha value is -1.68. The van der Waals surface area contributed by atoms with Gasteiger partial charge in [-0.2, -0.15) is 8.42 Å². The quantitative estimate of drug-likeness (QED) is 0.0232. The molecule has 1 aliphatic rings. The maximum Gasteiger partial charge on any atom is 0.397 e. The minimum absolute atomic E-state index is 0.0251. The summed E-state index contributed by atoms with van der Waals surface area (Å²) in [7, 11) is -5.06. The van der Waals surface area contributed by atoms with E-state index in [4.69, 9.17) is 23.5 Å². The van der Waals surface area contributed by atoms with Crippen molar-refractivity contribution in [1.29, 1.82) is 0 Å². The minimum atomic E-state index is -5.06. The van der Waals surface area contributed by atoms with Crippen molar-refractivity contribution in [1.82, 2.24) is 0 Å². The molecule has 6 atom stereocenters. The normalized spacial score (nSPS) is 21.8. The summed E-state index contributed by atoms with van der Waals surface area (Å²) >= 11 is 0. The van der Waals surface area contributed by atoms with Gasteiger partial charge in [0.2, 0.25) is 0 Å². The van der Waals surface area contributed by atoms with E-state index >= 15 is 0 Å². The second-order valence-electron chi connectivity index (χ2n) is 13.5. The highest BCUT2D eigenvalue weighted by Gasteiger charge is 2.48. The van der Waals surface area contributed by atoms with Gasteiger partial charge < -0.3 is 34.3 Å². The first kappa shape index (κ1) is 48.3. The first-order valence-electron chi connectivity index (χ1n) is 19.7. The van der Waals surface area contributed by atoms with Crippen LogP contribution in [0, 0.1) is 0 Å². The standard InChI is InChI=1S/C39H70O12S/c1-3-5-7-9-11-13-15-16-17-19-21-23-25-27-29-47-31-33(49-35(41)28-26-24-22-20-18-14-12-10-8-6-4-2)32-48-39-37(43)38(51-52(44,45)46)36(42)34(30-40)50-39/h7,9-10,12-13,15,33-34,36-40,42-43H,3-6,8,11,14,16-32H2,1-2H3,(H,44,45,46)/b9-7-,12-10-,15-13-. The maximum absolute atomic E-state index is 12.7. The fraction of sp³-hybridized carbons (Fsp3) is 0.821. The number of esters is 1. The van der Waals surface area contributed by atoms with E-state index in [1.165, 1.54) is 32.1 Å². The number of hydrogen-bond acceptors (Lipinski definition) is 11. The summed E-state index contributed by atoms with van der Waals surface area (Å²) < 4.78 is 58.8. The average molecular weight is 763 g/mol. The smallest absolute Gasteiger partial charge is 0.397 e. The Bertz CT molecular complexity index is 1060. The SMILES string of the molecule is CCC/C=C\C/C=C\CCCCCCCCOCC(COC1OC(CO)C(O)C(OS(=O)(=O)O)C1O)OC(=O)CCCCCCC/C=C\CCCC. The van der Waals surface area contributed by atoms with Crippen molar-refractivity contribution in [3.63, 3.8) is 0 Å². The number of carbonyl (C=O) groups is 1. The number of allylic oxidation sites excluding steroid dienone is 6. The molecule has 4 N–H and O–H groups in total. The predicted octanol–water partition coefficient (Wildman–Crippen LogP) is 7.07. The van der Waals surface area contributed by atoms with Crippen molar-refractivity contribution in [2.75, 3.05) is 26.4 Å². The number of ether oxygens (including phenoxy) is 4. The van der Waals surface area contributed by atoms with E-state index in [0.29, 0.717) is 13.0 Å². The van der Waals surface area contributed by atoms with E-state index in [0.717, 1.165) is 83.5 Å². The van der Waals surface area contributed by atoms with Crippen molar-refractivity contribution >= 4 is 16.4 Å². The molecule has 1 saturated heterocycles. The van der Waals surface area contributed by atoms with Crippen molar-refractivity contribution in [3.05, 3.63) is 36.5 Å². The van der Waals surface area contributed by atoms with Crippen LogP contribution in [0.15, 0.2) is 36.5 Å². The van der Waals surface area contributed by atoms with Gasteiger partial charge in [0.1, 0.15) is 30.5 Å². The number of carbonyl (C=O) groups excluding carboxylic acids is 1. The molecule has 1 rings (SSSR count). The van der Waals surface area contributed by atoms with Crippen LogP contribution in [0.4, 0.5) is 0 Å². The Morgan fingerprint density at radius 3 is 1.92 bits per heavy atom. The lowest BCUT2D eigenvalue weighted by molar-refractivity contribution is -0.301. The van der Waals surface area contributed by atoms with Gasteiger partial charge in [-0.25, -0.2) is 4.18 Å². The Kier molecular flexibility index (Phi) is 29.4. The van der Waals surface area contributed by atoms with Gasteiger partial charge in [-0.15, -0.1) is 0 Å². The average Bonchev–Trinajstić information content (AvgIpc) is 3.11. The van der Waals surface area contributed by atoms with Crippen LogP contribution in [-0.4, -0.2) is 97.5 Å². The van der Waals surface area contributed by atoms with E-state index in [2.05, 4.69) is 54.5 Å². The second kappa shape index (κ2) is 31.6. The maximum atomic E-state index is 12.7. The van der Waals surface area contributed by atoms with Gasteiger partial charge >= 0.3 is 16.4 Å². The summed E-state index contributed by atoms with van der Waals surface area (Å²) in [5.74, 6) is -0.416. The molecular weight excluding hydrogens is 692 g/mol. The van der Waals surface area contributed by atoms with Gasteiger partial charge in [-0.05, 0) is 57.8 Å². The first-order valence-corrected chi connectivity index (χ1v) is 21.1. The van der Waals surface area contributed by atoms with E-state index < -0.39 is 59.8 Å². The van der Waals surface area contributed by atoms with Gasteiger partial charge in [0.25, 0.3) is 0 Å². The first-order chi connectivity index (χ1) is 25.1. The van der Waals surface area contributed by atoms with Crippen LogP contribution in [0.5, 0.6) is 0 Å². The Morgan fingerprint density at radius 2 is 1.31 bits per heavy atom. The molecule has 0 aromatic rings. The molecule has 304 valence electrons. The molecule has 0 aromatic carbocycles. The van der Waals surface area contributed by atoms with Crippen LogP contribution in [-0.2, 0) is 38.3 Å². The number of unbranched alkanes of at least 4 members (excludes halogenated alkanes) is 14. The molecule has 0 aliphatic carbocycles. The molecule has 6 unspecified atom stereocenters. The zero-order valence-corrected chi connectivity index (χ0v) is 32.7. The van der Waals surface area contributed by atoms with Gasteiger partial charge in [0, 0.05) is 13.0 Å². The lowest BCUT2D eigenvalue weighted by atomic mass is 9.99. The third-order valence-corrected chi connectivity index (χ3v) is 9.18. The fourth-order valence-corrected chi connectivity index (χ4v) is 6.20. The summed E-state index contributed by atoms with van der Waals surface area (Å²) in [5, 5.41) is 30.5. The molecular formula is C39H70O12S. The molecule has 0 amide bonds. The lowest BCUT2D eigenvalue weighted by Crippen LogP contribution is -2.60. The molecule has 1 aliphatic heterocycles. The summed E-state index contributed by atoms with van der Waals surface area (Å²) in [6.45, 7) is 3.82. The summed E-state index contributed by atoms with van der Waals surface area (Å²) in [6.07, 6.45) is 24.7. The highest BCUT2D eigenvalue weighted by molar-refractivity contribution is 7.80. The third kappa shape index (κ3) is 25.4. The summed E-state index contributed by atoms with van der Waals surface area (Å²) in [5.41, 5.74) is 0. The van der Waals surface area contributed by atoms with Crippen LogP contribution in [0.1, 0.15) is 142 Å². The van der Waals surface area contributed by atoms with Crippen LogP contribution in [0.25, 0.3) is 0 Å². The zero-order valence-electron chi connectivity index (χ0n) is 31.9. The van der Waals surface area contributed by atoms with E-state index in [-0.39, 0.29) is 19.6 Å². The molecule has 0 bridgehead atoms. The summed E-state index contributed by atoms with van der Waals surface area (Å²) in [6, 6.07) is 0. The molecule has 0 spiro atoms. The molecule has 13 heteroatoms. The van der Waals surface area contributed by atoms with Crippen LogP contribution in [0.3, 0.4) is 0 Å². The van der Waals surface area contributed by atoms with Crippen molar-refractivity contribution < 1.29 is 56.2 Å². The monoisotopic (exact) mass is 762 g/mol. The van der Waals surface area contributed by atoms with Crippen molar-refractivity contribution in [2.45, 2.75) is 179 Å². The molecule has 0 saturated carbocycles. The Morgan fingerprint density at radius 1 is 0.731 bits per heavy atom. The molecule has 0 aromatic heterocycles. The lowest BCUT2D eigenvalue weighted by Gasteiger charge is -2.41. The van der Waals surface area contributed by atoms with Crippen molar-refractivity contribution in [2.24, 2.45) is 0 Å². The Labute approximate surface area is 313 Å². The molecule has 0 radical (unpaired) electrons. The molecule has 1 fully saturated rings. The largest absolute Gasteiger partial charge is 0.457 e. The van der Waals surface area contributed by atoms with Gasteiger partial charge in [-0.1, -0.05) is 115 Å². The number of rotatable bonds is 33. The molecule has 12 nitrogen and oxygen atoms in total. The van der Waals surface area contributed by atoms with Crippen LogP contribution >= 0.6 is 0 Å². The van der Waals surface area contributed by atoms with Crippen molar-refractivity contribution in [3.8, 4) is 0 Å². The number of hydrogen-bond donors (Lipinski definition) is 4.